The Hall–Kier alpha value is -2.32. The van der Waals surface area contributed by atoms with Crippen molar-refractivity contribution in [3.8, 4) is 0 Å². The molecule has 0 fully saturated rings. The number of quaternary nitrogens is 1. The van der Waals surface area contributed by atoms with Crippen LogP contribution in [-0.2, 0) is 18.4 Å². The zero-order valence-electron chi connectivity index (χ0n) is 36.3. The predicted molar refractivity (Wildman–Crippen MR) is 237 cm³/mol. The van der Waals surface area contributed by atoms with Gasteiger partial charge in [-0.25, -0.2) is 0 Å². The first kappa shape index (κ1) is 53.7. The zero-order chi connectivity index (χ0) is 41.4. The molecule has 0 aliphatic carbocycles. The van der Waals surface area contributed by atoms with Crippen molar-refractivity contribution in [3.63, 3.8) is 0 Å². The number of aliphatic hydroxyl groups excluding tert-OH is 1. The lowest BCUT2D eigenvalue weighted by Gasteiger charge is -2.29. The Kier molecular flexibility index (Phi) is 36.6. The minimum atomic E-state index is -4.62. The molecule has 0 saturated carbocycles. The van der Waals surface area contributed by atoms with Gasteiger partial charge in [-0.05, 0) is 70.6 Å². The number of hydrogen-bond donors (Lipinski definition) is 2. The van der Waals surface area contributed by atoms with Crippen molar-refractivity contribution in [2.24, 2.45) is 0 Å². The van der Waals surface area contributed by atoms with E-state index in [-0.39, 0.29) is 18.9 Å². The number of allylic oxidation sites excluding steroid dienone is 13. The Morgan fingerprint density at radius 1 is 0.643 bits per heavy atom. The van der Waals surface area contributed by atoms with Gasteiger partial charge < -0.3 is 28.8 Å². The minimum absolute atomic E-state index is 0.0259. The number of phosphoric acid groups is 1. The molecule has 2 N–H and O–H groups in total. The molecule has 0 aliphatic heterocycles. The van der Waals surface area contributed by atoms with E-state index >= 15 is 0 Å². The molecule has 0 bridgehead atoms. The minimum Gasteiger partial charge on any atom is -0.756 e. The van der Waals surface area contributed by atoms with Gasteiger partial charge >= 0.3 is 0 Å². The van der Waals surface area contributed by atoms with Crippen molar-refractivity contribution < 1.29 is 32.9 Å². The Balaban J connectivity index is 4.59. The fraction of sp³-hybridized carbons (Fsp3) is 0.681. The molecule has 1 amide bonds. The fourth-order valence-corrected chi connectivity index (χ4v) is 6.33. The number of carbonyl (C=O) groups is 1. The van der Waals surface area contributed by atoms with Crippen LogP contribution in [0.25, 0.3) is 0 Å². The first-order chi connectivity index (χ1) is 27.0. The summed E-state index contributed by atoms with van der Waals surface area (Å²) in [7, 11) is 1.18. The van der Waals surface area contributed by atoms with Crippen LogP contribution >= 0.6 is 7.82 Å². The summed E-state index contributed by atoms with van der Waals surface area (Å²) in [5.41, 5.74) is 0. The monoisotopic (exact) mass is 803 g/mol. The van der Waals surface area contributed by atoms with E-state index in [1.807, 2.05) is 39.4 Å². The molecule has 0 rings (SSSR count). The molecule has 3 unspecified atom stereocenters. The van der Waals surface area contributed by atoms with E-state index in [0.717, 1.165) is 44.9 Å². The molecule has 322 valence electrons. The van der Waals surface area contributed by atoms with Crippen molar-refractivity contribution in [1.82, 2.24) is 5.32 Å². The van der Waals surface area contributed by atoms with E-state index in [1.54, 1.807) is 6.08 Å². The first-order valence-electron chi connectivity index (χ1n) is 21.9. The largest absolute Gasteiger partial charge is 0.756 e. The molecule has 56 heavy (non-hydrogen) atoms. The topological polar surface area (TPSA) is 108 Å². The fourth-order valence-electron chi connectivity index (χ4n) is 5.60. The average Bonchev–Trinajstić information content (AvgIpc) is 3.15. The number of likely N-dealkylation sites (N-methyl/N-ethyl adjacent to an activating group) is 1. The summed E-state index contributed by atoms with van der Waals surface area (Å²) in [6.07, 6.45) is 52.3. The second-order valence-electron chi connectivity index (χ2n) is 15.6. The lowest BCUT2D eigenvalue weighted by molar-refractivity contribution is -0.870. The lowest BCUT2D eigenvalue weighted by atomic mass is 10.1. The molecular formula is C47H83N2O6P. The second-order valence-corrected chi connectivity index (χ2v) is 17.1. The Morgan fingerprint density at radius 2 is 1.11 bits per heavy atom. The number of amides is 1. The summed E-state index contributed by atoms with van der Waals surface area (Å²) in [5.74, 6) is -0.295. The number of rotatable bonds is 38. The number of unbranched alkanes of at least 4 members (excludes halogenated alkanes) is 13. The van der Waals surface area contributed by atoms with Gasteiger partial charge in [-0.3, -0.25) is 9.36 Å². The molecule has 0 aromatic carbocycles. The van der Waals surface area contributed by atoms with Gasteiger partial charge in [-0.2, -0.15) is 0 Å². The van der Waals surface area contributed by atoms with Crippen molar-refractivity contribution in [2.75, 3.05) is 40.9 Å². The second kappa shape index (κ2) is 38.2. The standard InChI is InChI=1S/C47H83N2O6P/c1-6-8-10-12-14-16-18-20-21-22-23-24-25-26-27-29-30-32-34-36-38-40-46(50)45(44-55-56(52,53)54-43-42-49(3,4)5)48-47(51)41-39-37-35-33-31-28-19-17-15-13-11-9-7-2/h9,11,15,17,25-26,28,30-32,35,37-38,40,45-46,50H,6-8,10,12-14,16,18-24,27,29,33-34,36,39,41-44H2,1-5H3,(H-,48,51,52,53)/b11-9-,17-15-,26-25+,31-28-,32-30+,37-35-,40-38+. The van der Waals surface area contributed by atoms with Crippen LogP contribution in [0.1, 0.15) is 155 Å². The third-order valence-corrected chi connectivity index (χ3v) is 10.0. The number of hydrogen-bond acceptors (Lipinski definition) is 6. The third kappa shape index (κ3) is 39.9. The number of aliphatic hydroxyl groups is 1. The number of carbonyl (C=O) groups excluding carboxylic acids is 1. The molecule has 8 nitrogen and oxygen atoms in total. The van der Waals surface area contributed by atoms with Gasteiger partial charge in [0.05, 0.1) is 39.9 Å². The summed E-state index contributed by atoms with van der Waals surface area (Å²) in [6.45, 7) is 4.41. The van der Waals surface area contributed by atoms with Crippen LogP contribution in [-0.4, -0.2) is 68.5 Å². The van der Waals surface area contributed by atoms with Crippen molar-refractivity contribution in [2.45, 2.75) is 167 Å². The summed E-state index contributed by atoms with van der Waals surface area (Å²) in [4.78, 5) is 25.2. The van der Waals surface area contributed by atoms with E-state index in [1.165, 1.54) is 77.0 Å². The highest BCUT2D eigenvalue weighted by Gasteiger charge is 2.23. The van der Waals surface area contributed by atoms with Gasteiger partial charge in [0.15, 0.2) is 0 Å². The van der Waals surface area contributed by atoms with Gasteiger partial charge in [0.25, 0.3) is 7.82 Å². The molecular weight excluding hydrogens is 719 g/mol. The third-order valence-electron chi connectivity index (χ3n) is 9.08. The number of nitrogens with zero attached hydrogens (tertiary/aromatic N) is 1. The molecule has 0 heterocycles. The van der Waals surface area contributed by atoms with Crippen LogP contribution in [0.4, 0.5) is 0 Å². The summed E-state index contributed by atoms with van der Waals surface area (Å²) >= 11 is 0. The highest BCUT2D eigenvalue weighted by atomic mass is 31.2. The van der Waals surface area contributed by atoms with Crippen molar-refractivity contribution in [3.05, 3.63) is 85.1 Å². The van der Waals surface area contributed by atoms with Crippen LogP contribution < -0.4 is 10.2 Å². The Morgan fingerprint density at radius 3 is 1.64 bits per heavy atom. The Bertz CT molecular complexity index is 1180. The maximum atomic E-state index is 12.8. The van der Waals surface area contributed by atoms with E-state index in [2.05, 4.69) is 79.9 Å². The predicted octanol–water partition coefficient (Wildman–Crippen LogP) is 11.6. The van der Waals surface area contributed by atoms with Crippen molar-refractivity contribution in [1.29, 1.82) is 0 Å². The Labute approximate surface area is 344 Å². The van der Waals surface area contributed by atoms with E-state index < -0.39 is 26.6 Å². The summed E-state index contributed by atoms with van der Waals surface area (Å²) in [5, 5.41) is 13.7. The number of nitrogens with one attached hydrogen (secondary N) is 1. The highest BCUT2D eigenvalue weighted by Crippen LogP contribution is 2.38. The van der Waals surface area contributed by atoms with Crippen LogP contribution in [0.5, 0.6) is 0 Å². The highest BCUT2D eigenvalue weighted by molar-refractivity contribution is 7.45. The maximum Gasteiger partial charge on any atom is 0.268 e. The van der Waals surface area contributed by atoms with Crippen LogP contribution in [0.2, 0.25) is 0 Å². The lowest BCUT2D eigenvalue weighted by Crippen LogP contribution is -2.45. The molecule has 0 aromatic heterocycles. The number of phosphoric ester groups is 1. The van der Waals surface area contributed by atoms with E-state index in [9.17, 15) is 19.4 Å². The SMILES string of the molecule is CC/C=C\C/C=C\C/C=C\C/C=C\CCC(=O)NC(COP(=O)([O-])OCC[N+](C)(C)C)C(O)/C=C/CC/C=C/CC/C=C/CCCCCCCCCCCCC. The van der Waals surface area contributed by atoms with Gasteiger partial charge in [0.1, 0.15) is 13.2 Å². The van der Waals surface area contributed by atoms with Gasteiger partial charge in [-0.15, -0.1) is 0 Å². The molecule has 0 aliphatic rings. The molecule has 0 aromatic rings. The molecule has 9 heteroatoms. The van der Waals surface area contributed by atoms with Gasteiger partial charge in [0, 0.05) is 6.42 Å². The first-order valence-corrected chi connectivity index (χ1v) is 23.4. The van der Waals surface area contributed by atoms with Crippen LogP contribution in [0, 0.1) is 0 Å². The maximum absolute atomic E-state index is 12.8. The van der Waals surface area contributed by atoms with E-state index in [0.29, 0.717) is 23.9 Å². The van der Waals surface area contributed by atoms with Gasteiger partial charge in [-0.1, -0.05) is 163 Å². The molecule has 0 saturated heterocycles. The van der Waals surface area contributed by atoms with Crippen LogP contribution in [0.3, 0.4) is 0 Å². The van der Waals surface area contributed by atoms with Crippen LogP contribution in [0.15, 0.2) is 85.1 Å². The summed E-state index contributed by atoms with van der Waals surface area (Å²) in [6, 6.07) is -0.951. The quantitative estimate of drug-likeness (QED) is 0.0279. The summed E-state index contributed by atoms with van der Waals surface area (Å²) < 4.78 is 23.1. The zero-order valence-corrected chi connectivity index (χ0v) is 37.2. The smallest absolute Gasteiger partial charge is 0.268 e. The average molecular weight is 803 g/mol. The molecule has 0 spiro atoms. The molecule has 3 atom stereocenters. The normalized spacial score (nSPS) is 15.2. The van der Waals surface area contributed by atoms with Crippen molar-refractivity contribution >= 4 is 13.7 Å². The van der Waals surface area contributed by atoms with Gasteiger partial charge in [0.2, 0.25) is 5.91 Å². The molecule has 0 radical (unpaired) electrons. The van der Waals surface area contributed by atoms with E-state index in [4.69, 9.17) is 9.05 Å².